The molecule has 2 atom stereocenters. The molecule has 2 rings (SSSR count). The molecule has 18 heavy (non-hydrogen) atoms. The molecular formula is C14H20ClNO2. The van der Waals surface area contributed by atoms with Crippen LogP contribution in [0.15, 0.2) is 24.3 Å². The first-order valence-electron chi connectivity index (χ1n) is 6.46. The summed E-state index contributed by atoms with van der Waals surface area (Å²) in [6, 6.07) is 7.41. The molecule has 0 radical (unpaired) electrons. The van der Waals surface area contributed by atoms with Crippen molar-refractivity contribution in [3.05, 3.63) is 34.9 Å². The van der Waals surface area contributed by atoms with E-state index in [1.54, 1.807) is 6.07 Å². The summed E-state index contributed by atoms with van der Waals surface area (Å²) in [5, 5.41) is 20.0. The minimum atomic E-state index is -0.559. The fourth-order valence-corrected chi connectivity index (χ4v) is 2.82. The molecule has 4 heteroatoms. The Hall–Kier alpha value is -0.610. The van der Waals surface area contributed by atoms with Crippen molar-refractivity contribution in [1.29, 1.82) is 0 Å². The standard InChI is InChI=1S/C14H20ClNO2/c15-13-6-2-1-5-12(13)14(18)9-16-7-3-4-11(8-16)10-17/h1-2,5-6,11,14,17-18H,3-4,7-10H2. The fourth-order valence-electron chi connectivity index (χ4n) is 2.55. The summed E-state index contributed by atoms with van der Waals surface area (Å²) in [5.74, 6) is 0.345. The van der Waals surface area contributed by atoms with Crippen molar-refractivity contribution < 1.29 is 10.2 Å². The van der Waals surface area contributed by atoms with Gasteiger partial charge in [-0.25, -0.2) is 0 Å². The van der Waals surface area contributed by atoms with E-state index in [1.165, 1.54) is 0 Å². The number of hydrogen-bond donors (Lipinski definition) is 2. The van der Waals surface area contributed by atoms with Gasteiger partial charge in [-0.05, 0) is 31.4 Å². The molecule has 0 aliphatic carbocycles. The van der Waals surface area contributed by atoms with Gasteiger partial charge in [0, 0.05) is 30.3 Å². The number of likely N-dealkylation sites (tertiary alicyclic amines) is 1. The molecule has 0 spiro atoms. The first-order chi connectivity index (χ1) is 8.70. The molecule has 0 aromatic heterocycles. The van der Waals surface area contributed by atoms with Crippen molar-refractivity contribution >= 4 is 11.6 Å². The van der Waals surface area contributed by atoms with E-state index in [0.29, 0.717) is 17.5 Å². The summed E-state index contributed by atoms with van der Waals surface area (Å²) in [4.78, 5) is 2.21. The Bertz CT molecular complexity index is 386. The fraction of sp³-hybridized carbons (Fsp3) is 0.571. The lowest BCUT2D eigenvalue weighted by Gasteiger charge is -2.33. The van der Waals surface area contributed by atoms with Gasteiger partial charge in [-0.15, -0.1) is 0 Å². The molecule has 1 aliphatic heterocycles. The number of piperidine rings is 1. The SMILES string of the molecule is OCC1CCCN(CC(O)c2ccccc2Cl)C1. The van der Waals surface area contributed by atoms with Crippen molar-refractivity contribution in [3.8, 4) is 0 Å². The van der Waals surface area contributed by atoms with E-state index in [4.69, 9.17) is 11.6 Å². The highest BCUT2D eigenvalue weighted by atomic mass is 35.5. The Morgan fingerprint density at radius 3 is 2.89 bits per heavy atom. The summed E-state index contributed by atoms with van der Waals surface area (Å²) in [6.45, 7) is 2.66. The Balaban J connectivity index is 1.95. The van der Waals surface area contributed by atoms with Crippen molar-refractivity contribution in [1.82, 2.24) is 4.90 Å². The minimum Gasteiger partial charge on any atom is -0.396 e. The van der Waals surface area contributed by atoms with Crippen molar-refractivity contribution in [2.24, 2.45) is 5.92 Å². The predicted molar refractivity (Wildman–Crippen MR) is 72.7 cm³/mol. The first-order valence-corrected chi connectivity index (χ1v) is 6.84. The van der Waals surface area contributed by atoms with Gasteiger partial charge in [0.1, 0.15) is 0 Å². The average molecular weight is 270 g/mol. The molecule has 2 unspecified atom stereocenters. The van der Waals surface area contributed by atoms with Crippen molar-refractivity contribution in [2.45, 2.75) is 18.9 Å². The summed E-state index contributed by atoms with van der Waals surface area (Å²) >= 11 is 6.07. The van der Waals surface area contributed by atoms with Crippen molar-refractivity contribution in [2.75, 3.05) is 26.2 Å². The van der Waals surface area contributed by atoms with E-state index in [9.17, 15) is 10.2 Å². The van der Waals surface area contributed by atoms with Crippen molar-refractivity contribution in [3.63, 3.8) is 0 Å². The third-order valence-electron chi connectivity index (χ3n) is 3.56. The lowest BCUT2D eigenvalue weighted by Crippen LogP contribution is -2.39. The van der Waals surface area contributed by atoms with Crippen LogP contribution in [-0.4, -0.2) is 41.4 Å². The predicted octanol–water partition coefficient (Wildman–Crippen LogP) is 2.08. The number of hydrogen-bond acceptors (Lipinski definition) is 3. The van der Waals surface area contributed by atoms with E-state index in [2.05, 4.69) is 4.90 Å². The zero-order chi connectivity index (χ0) is 13.0. The van der Waals surface area contributed by atoms with Gasteiger partial charge in [0.05, 0.1) is 6.10 Å². The molecule has 1 fully saturated rings. The summed E-state index contributed by atoms with van der Waals surface area (Å²) in [7, 11) is 0. The van der Waals surface area contributed by atoms with Crippen LogP contribution in [0.4, 0.5) is 0 Å². The van der Waals surface area contributed by atoms with E-state index in [1.807, 2.05) is 18.2 Å². The number of halogens is 1. The zero-order valence-electron chi connectivity index (χ0n) is 10.4. The highest BCUT2D eigenvalue weighted by Crippen LogP contribution is 2.25. The highest BCUT2D eigenvalue weighted by Gasteiger charge is 2.22. The molecule has 100 valence electrons. The van der Waals surface area contributed by atoms with E-state index < -0.39 is 6.10 Å². The molecule has 1 aromatic carbocycles. The maximum atomic E-state index is 10.2. The third-order valence-corrected chi connectivity index (χ3v) is 3.90. The molecule has 3 nitrogen and oxygen atoms in total. The van der Waals surface area contributed by atoms with Crippen LogP contribution < -0.4 is 0 Å². The van der Waals surface area contributed by atoms with Crippen LogP contribution in [0.2, 0.25) is 5.02 Å². The normalized spacial score (nSPS) is 22.9. The smallest absolute Gasteiger partial charge is 0.0931 e. The molecule has 2 N–H and O–H groups in total. The molecule has 1 aromatic rings. The minimum absolute atomic E-state index is 0.235. The van der Waals surface area contributed by atoms with Crippen LogP contribution in [0.1, 0.15) is 24.5 Å². The van der Waals surface area contributed by atoms with Gasteiger partial charge in [-0.2, -0.15) is 0 Å². The molecule has 0 bridgehead atoms. The van der Waals surface area contributed by atoms with Gasteiger partial charge >= 0.3 is 0 Å². The van der Waals surface area contributed by atoms with Gasteiger partial charge in [0.2, 0.25) is 0 Å². The Morgan fingerprint density at radius 2 is 2.17 bits per heavy atom. The molecular weight excluding hydrogens is 250 g/mol. The Kier molecular flexibility index (Phi) is 5.01. The van der Waals surface area contributed by atoms with E-state index in [-0.39, 0.29) is 6.61 Å². The Labute approximate surface area is 113 Å². The number of aliphatic hydroxyl groups is 2. The van der Waals surface area contributed by atoms with E-state index in [0.717, 1.165) is 31.5 Å². The number of benzene rings is 1. The average Bonchev–Trinajstić information content (AvgIpc) is 2.39. The number of β-amino-alcohol motifs (C(OH)–C–C–N with tert-alkyl or cyclic N) is 1. The maximum absolute atomic E-state index is 10.2. The second kappa shape index (κ2) is 6.53. The maximum Gasteiger partial charge on any atom is 0.0931 e. The molecule has 1 saturated heterocycles. The lowest BCUT2D eigenvalue weighted by molar-refractivity contribution is 0.0678. The lowest BCUT2D eigenvalue weighted by atomic mass is 9.98. The largest absolute Gasteiger partial charge is 0.396 e. The van der Waals surface area contributed by atoms with Crippen LogP contribution in [-0.2, 0) is 0 Å². The van der Waals surface area contributed by atoms with Gasteiger partial charge in [0.15, 0.2) is 0 Å². The number of aliphatic hydroxyl groups excluding tert-OH is 2. The highest BCUT2D eigenvalue weighted by molar-refractivity contribution is 6.31. The van der Waals surface area contributed by atoms with Crippen LogP contribution >= 0.6 is 11.6 Å². The first kappa shape index (κ1) is 13.8. The van der Waals surface area contributed by atoms with E-state index >= 15 is 0 Å². The van der Waals surface area contributed by atoms with Crippen LogP contribution in [0, 0.1) is 5.92 Å². The Morgan fingerprint density at radius 1 is 1.39 bits per heavy atom. The third kappa shape index (κ3) is 3.45. The number of nitrogens with zero attached hydrogens (tertiary/aromatic N) is 1. The molecule has 1 aliphatic rings. The van der Waals surface area contributed by atoms with Gasteiger partial charge < -0.3 is 15.1 Å². The monoisotopic (exact) mass is 269 g/mol. The topological polar surface area (TPSA) is 43.7 Å². The van der Waals surface area contributed by atoms with Crippen LogP contribution in [0.3, 0.4) is 0 Å². The van der Waals surface area contributed by atoms with Gasteiger partial charge in [-0.1, -0.05) is 29.8 Å². The second-order valence-corrected chi connectivity index (χ2v) is 5.39. The van der Waals surface area contributed by atoms with Crippen LogP contribution in [0.5, 0.6) is 0 Å². The summed E-state index contributed by atoms with van der Waals surface area (Å²) in [6.07, 6.45) is 1.60. The molecule has 0 saturated carbocycles. The zero-order valence-corrected chi connectivity index (χ0v) is 11.2. The quantitative estimate of drug-likeness (QED) is 0.880. The van der Waals surface area contributed by atoms with Crippen LogP contribution in [0.25, 0.3) is 0 Å². The van der Waals surface area contributed by atoms with Gasteiger partial charge in [0.25, 0.3) is 0 Å². The summed E-state index contributed by atoms with van der Waals surface area (Å²) in [5.41, 5.74) is 0.783. The second-order valence-electron chi connectivity index (χ2n) is 4.99. The number of rotatable bonds is 4. The molecule has 1 heterocycles. The molecule has 0 amide bonds. The van der Waals surface area contributed by atoms with Gasteiger partial charge in [-0.3, -0.25) is 0 Å². The summed E-state index contributed by atoms with van der Waals surface area (Å²) < 4.78 is 0.